The van der Waals surface area contributed by atoms with Crippen molar-refractivity contribution >= 4 is 38.8 Å². The van der Waals surface area contributed by atoms with Crippen LogP contribution in [-0.2, 0) is 6.42 Å². The van der Waals surface area contributed by atoms with E-state index in [-0.39, 0.29) is 5.78 Å². The van der Waals surface area contributed by atoms with Gasteiger partial charge < -0.3 is 4.42 Å². The van der Waals surface area contributed by atoms with Crippen molar-refractivity contribution in [2.45, 2.75) is 6.42 Å². The van der Waals surface area contributed by atoms with Crippen molar-refractivity contribution in [2.24, 2.45) is 0 Å². The summed E-state index contributed by atoms with van der Waals surface area (Å²) in [6, 6.07) is 9.70. The molecule has 2 aliphatic carbocycles. The molecule has 3 heteroatoms. The third-order valence-electron chi connectivity index (χ3n) is 4.52. The summed E-state index contributed by atoms with van der Waals surface area (Å²) in [7, 11) is 0. The fraction of sp³-hybridized carbons (Fsp3) is 0.0500. The van der Waals surface area contributed by atoms with Crippen molar-refractivity contribution in [1.82, 2.24) is 0 Å². The number of carbonyl (C=O) groups is 1. The molecule has 0 spiro atoms. The number of hydrogen-bond acceptors (Lipinski definition) is 2. The van der Waals surface area contributed by atoms with Crippen LogP contribution in [-0.4, -0.2) is 5.78 Å². The number of benzene rings is 2. The lowest BCUT2D eigenvalue weighted by molar-refractivity contribution is 0.104. The van der Waals surface area contributed by atoms with Crippen LogP contribution in [0.4, 0.5) is 0 Å². The Balaban J connectivity index is 1.93. The largest absolute Gasteiger partial charge is 0.460 e. The number of ketones is 1. The van der Waals surface area contributed by atoms with Crippen LogP contribution in [0.5, 0.6) is 0 Å². The molecular weight excluding hydrogens is 352 g/mol. The topological polar surface area (TPSA) is 30.2 Å². The van der Waals surface area contributed by atoms with Crippen molar-refractivity contribution in [2.75, 3.05) is 0 Å². The Kier molecular flexibility index (Phi) is 2.59. The number of rotatable bonds is 0. The maximum atomic E-state index is 12.8. The van der Waals surface area contributed by atoms with Gasteiger partial charge in [0.05, 0.1) is 0 Å². The fourth-order valence-electron chi connectivity index (χ4n) is 3.53. The van der Waals surface area contributed by atoms with Crippen LogP contribution in [0.3, 0.4) is 0 Å². The molecule has 0 amide bonds. The molecule has 1 aromatic heterocycles. The zero-order valence-electron chi connectivity index (χ0n) is 12.1. The first-order valence-electron chi connectivity index (χ1n) is 7.50. The first-order valence-corrected chi connectivity index (χ1v) is 8.29. The zero-order chi connectivity index (χ0) is 15.6. The highest BCUT2D eigenvalue weighted by molar-refractivity contribution is 9.10. The Bertz CT molecular complexity index is 1070. The molecule has 0 saturated carbocycles. The molecule has 0 bridgehead atoms. The molecule has 0 N–H and O–H groups in total. The predicted octanol–water partition coefficient (Wildman–Crippen LogP) is 5.53. The number of allylic oxidation sites excluding steroid dienone is 3. The van der Waals surface area contributed by atoms with Crippen LogP contribution in [0.25, 0.3) is 28.2 Å². The molecule has 0 atom stereocenters. The lowest BCUT2D eigenvalue weighted by atomic mass is 9.97. The molecule has 2 nitrogen and oxygen atoms in total. The Morgan fingerprint density at radius 1 is 1.00 bits per heavy atom. The molecule has 3 aromatic rings. The molecule has 0 saturated heterocycles. The van der Waals surface area contributed by atoms with Crippen molar-refractivity contribution in [3.8, 4) is 11.1 Å². The van der Waals surface area contributed by atoms with E-state index in [1.807, 2.05) is 42.5 Å². The molecular formula is C20H11BrO2. The van der Waals surface area contributed by atoms with Gasteiger partial charge in [0.25, 0.3) is 0 Å². The van der Waals surface area contributed by atoms with E-state index in [4.69, 9.17) is 4.42 Å². The highest BCUT2D eigenvalue weighted by atomic mass is 79.9. The summed E-state index contributed by atoms with van der Waals surface area (Å²) in [4.78, 5) is 12.8. The van der Waals surface area contributed by atoms with Gasteiger partial charge in [-0.05, 0) is 29.8 Å². The first-order chi connectivity index (χ1) is 11.2. The van der Waals surface area contributed by atoms with Gasteiger partial charge in [0.2, 0.25) is 0 Å². The summed E-state index contributed by atoms with van der Waals surface area (Å²) in [5, 5.41) is 1.05. The molecule has 2 aromatic carbocycles. The second-order valence-electron chi connectivity index (χ2n) is 5.81. The normalized spacial score (nSPS) is 14.7. The lowest BCUT2D eigenvalue weighted by Gasteiger charge is -2.03. The van der Waals surface area contributed by atoms with Gasteiger partial charge in [-0.15, -0.1) is 0 Å². The van der Waals surface area contributed by atoms with Gasteiger partial charge in [-0.2, -0.15) is 0 Å². The van der Waals surface area contributed by atoms with Crippen LogP contribution < -0.4 is 0 Å². The van der Waals surface area contributed by atoms with E-state index in [0.29, 0.717) is 0 Å². The number of fused-ring (bicyclic) bond motifs is 7. The molecule has 2 aliphatic rings. The first kappa shape index (κ1) is 13.1. The number of halogens is 1. The van der Waals surface area contributed by atoms with Crippen molar-refractivity contribution < 1.29 is 9.21 Å². The summed E-state index contributed by atoms with van der Waals surface area (Å²) in [6.07, 6.45) is 8.99. The average molecular weight is 363 g/mol. The van der Waals surface area contributed by atoms with E-state index in [1.165, 1.54) is 0 Å². The minimum atomic E-state index is 0.0869. The van der Waals surface area contributed by atoms with Gasteiger partial charge >= 0.3 is 0 Å². The second-order valence-corrected chi connectivity index (χ2v) is 6.73. The van der Waals surface area contributed by atoms with Crippen LogP contribution in [0.1, 0.15) is 27.2 Å². The van der Waals surface area contributed by atoms with Gasteiger partial charge in [-0.3, -0.25) is 4.79 Å². The Morgan fingerprint density at radius 2 is 1.87 bits per heavy atom. The van der Waals surface area contributed by atoms with Gasteiger partial charge in [0.1, 0.15) is 11.3 Å². The SMILES string of the molecule is O=C1c2cc(Br)ccc2-c2c1ccc1oc3c(c21)C=CC=CC3. The monoisotopic (exact) mass is 362 g/mol. The minimum absolute atomic E-state index is 0.0869. The van der Waals surface area contributed by atoms with Crippen LogP contribution in [0.2, 0.25) is 0 Å². The molecule has 23 heavy (non-hydrogen) atoms. The number of carbonyl (C=O) groups excluding carboxylic acids is 1. The van der Waals surface area contributed by atoms with Gasteiger partial charge in [-0.1, -0.05) is 46.3 Å². The van der Waals surface area contributed by atoms with Crippen molar-refractivity contribution in [3.05, 3.63) is 75.5 Å². The van der Waals surface area contributed by atoms with Crippen molar-refractivity contribution in [3.63, 3.8) is 0 Å². The minimum Gasteiger partial charge on any atom is -0.460 e. The Hall–Kier alpha value is -2.39. The average Bonchev–Trinajstić information content (AvgIpc) is 2.92. The summed E-state index contributed by atoms with van der Waals surface area (Å²) >= 11 is 3.46. The van der Waals surface area contributed by atoms with Crippen LogP contribution in [0.15, 0.2) is 57.4 Å². The summed E-state index contributed by atoms with van der Waals surface area (Å²) in [5.41, 5.74) is 5.45. The van der Waals surface area contributed by atoms with E-state index >= 15 is 0 Å². The van der Waals surface area contributed by atoms with Gasteiger partial charge in [-0.25, -0.2) is 0 Å². The summed E-state index contributed by atoms with van der Waals surface area (Å²) < 4.78 is 6.97. The van der Waals surface area contributed by atoms with E-state index < -0.39 is 0 Å². The second kappa shape index (κ2) is 4.56. The molecule has 0 unspecified atom stereocenters. The highest BCUT2D eigenvalue weighted by Gasteiger charge is 2.31. The summed E-state index contributed by atoms with van der Waals surface area (Å²) in [6.45, 7) is 0. The molecule has 0 aliphatic heterocycles. The molecule has 0 radical (unpaired) electrons. The third kappa shape index (κ3) is 1.71. The standard InChI is InChI=1S/C20H11BrO2/c21-11-6-7-12-15(10-11)20(22)14-8-9-17-19(18(12)14)13-4-2-1-3-5-16(13)23-17/h1-4,6-10H,5H2. The third-order valence-corrected chi connectivity index (χ3v) is 5.02. The molecule has 5 rings (SSSR count). The fourth-order valence-corrected chi connectivity index (χ4v) is 3.89. The number of furan rings is 1. The zero-order valence-corrected chi connectivity index (χ0v) is 13.7. The number of hydrogen-bond donors (Lipinski definition) is 0. The van der Waals surface area contributed by atoms with Crippen molar-refractivity contribution in [1.29, 1.82) is 0 Å². The maximum Gasteiger partial charge on any atom is 0.194 e. The van der Waals surface area contributed by atoms with E-state index in [0.717, 1.165) is 55.4 Å². The smallest absolute Gasteiger partial charge is 0.194 e. The molecule has 110 valence electrons. The van der Waals surface area contributed by atoms with Gasteiger partial charge in [0.15, 0.2) is 5.78 Å². The molecule has 1 heterocycles. The van der Waals surface area contributed by atoms with Crippen LogP contribution in [0, 0.1) is 0 Å². The Labute approximate surface area is 141 Å². The van der Waals surface area contributed by atoms with Gasteiger partial charge in [0, 0.05) is 38.5 Å². The predicted molar refractivity (Wildman–Crippen MR) is 94.7 cm³/mol. The van der Waals surface area contributed by atoms with Crippen LogP contribution >= 0.6 is 15.9 Å². The highest BCUT2D eigenvalue weighted by Crippen LogP contribution is 2.45. The molecule has 0 fully saturated rings. The summed E-state index contributed by atoms with van der Waals surface area (Å²) in [5.74, 6) is 1.04. The quantitative estimate of drug-likeness (QED) is 0.411. The van der Waals surface area contributed by atoms with E-state index in [1.54, 1.807) is 0 Å². The van der Waals surface area contributed by atoms with E-state index in [2.05, 4.69) is 28.1 Å². The maximum absolute atomic E-state index is 12.8. The lowest BCUT2D eigenvalue weighted by Crippen LogP contribution is -1.94. The van der Waals surface area contributed by atoms with E-state index in [9.17, 15) is 4.79 Å². The Morgan fingerprint density at radius 3 is 2.78 bits per heavy atom.